The average Bonchev–Trinajstić information content (AvgIpc) is 2.63. The molecule has 4 nitrogen and oxygen atoms in total. The molecule has 0 aromatic carbocycles. The van der Waals surface area contributed by atoms with Crippen molar-refractivity contribution in [2.24, 2.45) is 0 Å². The fourth-order valence-electron chi connectivity index (χ4n) is 1.77. The van der Waals surface area contributed by atoms with Gasteiger partial charge in [0.25, 0.3) is 5.91 Å². The molecule has 2 heterocycles. The largest absolute Gasteiger partial charge is 0.335 e. The van der Waals surface area contributed by atoms with Crippen molar-refractivity contribution in [2.75, 3.05) is 19.6 Å². The van der Waals surface area contributed by atoms with E-state index in [1.165, 1.54) is 11.3 Å². The van der Waals surface area contributed by atoms with Gasteiger partial charge in [0, 0.05) is 25.7 Å². The van der Waals surface area contributed by atoms with E-state index in [0.717, 1.165) is 30.2 Å². The summed E-state index contributed by atoms with van der Waals surface area (Å²) in [7, 11) is 0. The maximum atomic E-state index is 12.1. The highest BCUT2D eigenvalue weighted by molar-refractivity contribution is 7.11. The Balaban J connectivity index is 2.11. The monoisotopic (exact) mass is 225 g/mol. The van der Waals surface area contributed by atoms with Crippen LogP contribution >= 0.6 is 11.3 Å². The molecule has 0 bridgehead atoms. The van der Waals surface area contributed by atoms with Crippen molar-refractivity contribution in [3.05, 3.63) is 16.1 Å². The van der Waals surface area contributed by atoms with E-state index < -0.39 is 0 Å². The van der Waals surface area contributed by atoms with E-state index in [2.05, 4.69) is 17.2 Å². The fraction of sp³-hybridized carbons (Fsp3) is 0.600. The Morgan fingerprint density at radius 3 is 3.13 bits per heavy atom. The second kappa shape index (κ2) is 4.28. The van der Waals surface area contributed by atoms with E-state index >= 15 is 0 Å². The first-order chi connectivity index (χ1) is 7.18. The number of thiazole rings is 1. The van der Waals surface area contributed by atoms with Crippen LogP contribution in [-0.4, -0.2) is 41.5 Å². The summed E-state index contributed by atoms with van der Waals surface area (Å²) in [6.07, 6.45) is 0. The predicted octanol–water partition coefficient (Wildman–Crippen LogP) is 0.885. The SMILES string of the molecule is Cc1ncsc1C(=O)N1CCN[C@H](C)C1. The molecule has 1 N–H and O–H groups in total. The van der Waals surface area contributed by atoms with E-state index in [0.29, 0.717) is 6.04 Å². The molecule has 5 heteroatoms. The van der Waals surface area contributed by atoms with Crippen LogP contribution in [-0.2, 0) is 0 Å². The standard InChI is InChI=1S/C10H15N3OS/c1-7-5-13(4-3-11-7)10(14)9-8(2)12-6-15-9/h6-7,11H,3-5H2,1-2H3/t7-/m1/s1. The summed E-state index contributed by atoms with van der Waals surface area (Å²) in [5, 5.41) is 3.32. The Labute approximate surface area is 93.3 Å². The zero-order valence-corrected chi connectivity index (χ0v) is 9.80. The molecule has 1 aliphatic heterocycles. The number of rotatable bonds is 1. The van der Waals surface area contributed by atoms with Gasteiger partial charge in [0.15, 0.2) is 0 Å². The van der Waals surface area contributed by atoms with Crippen LogP contribution in [0.4, 0.5) is 0 Å². The molecule has 1 fully saturated rings. The zero-order chi connectivity index (χ0) is 10.8. The van der Waals surface area contributed by atoms with Gasteiger partial charge in [-0.1, -0.05) is 0 Å². The van der Waals surface area contributed by atoms with Gasteiger partial charge in [0.2, 0.25) is 0 Å². The number of carbonyl (C=O) groups is 1. The molecule has 1 atom stereocenters. The molecule has 0 spiro atoms. The second-order valence-corrected chi connectivity index (χ2v) is 4.73. The number of hydrogen-bond acceptors (Lipinski definition) is 4. The molecule has 1 saturated heterocycles. The molecule has 0 aliphatic carbocycles. The molecule has 82 valence electrons. The van der Waals surface area contributed by atoms with E-state index in [9.17, 15) is 4.79 Å². The summed E-state index contributed by atoms with van der Waals surface area (Å²) in [6, 6.07) is 0.385. The van der Waals surface area contributed by atoms with Crippen molar-refractivity contribution < 1.29 is 4.79 Å². The van der Waals surface area contributed by atoms with Crippen LogP contribution in [0.5, 0.6) is 0 Å². The molecule has 2 rings (SSSR count). The van der Waals surface area contributed by atoms with E-state index in [-0.39, 0.29) is 5.91 Å². The Kier molecular flexibility index (Phi) is 3.02. The molecule has 1 aromatic rings. The minimum Gasteiger partial charge on any atom is -0.335 e. The topological polar surface area (TPSA) is 45.2 Å². The lowest BCUT2D eigenvalue weighted by Crippen LogP contribution is -2.51. The predicted molar refractivity (Wildman–Crippen MR) is 60.2 cm³/mol. The van der Waals surface area contributed by atoms with Gasteiger partial charge in [0.1, 0.15) is 4.88 Å². The minimum atomic E-state index is 0.128. The summed E-state index contributed by atoms with van der Waals surface area (Å²) in [4.78, 5) is 18.9. The molecule has 1 aromatic heterocycles. The molecule has 0 unspecified atom stereocenters. The van der Waals surface area contributed by atoms with Crippen LogP contribution in [0.1, 0.15) is 22.3 Å². The van der Waals surface area contributed by atoms with Crippen LogP contribution in [0, 0.1) is 6.92 Å². The van der Waals surface area contributed by atoms with Crippen molar-refractivity contribution in [1.82, 2.24) is 15.2 Å². The highest BCUT2D eigenvalue weighted by Crippen LogP contribution is 2.15. The van der Waals surface area contributed by atoms with Gasteiger partial charge in [0.05, 0.1) is 11.2 Å². The van der Waals surface area contributed by atoms with Crippen LogP contribution in [0.25, 0.3) is 0 Å². The number of nitrogens with zero attached hydrogens (tertiary/aromatic N) is 2. The lowest BCUT2D eigenvalue weighted by molar-refractivity contribution is 0.0713. The second-order valence-electron chi connectivity index (χ2n) is 3.87. The highest BCUT2D eigenvalue weighted by Gasteiger charge is 2.23. The summed E-state index contributed by atoms with van der Waals surface area (Å²) >= 11 is 1.43. The van der Waals surface area contributed by atoms with Crippen molar-refractivity contribution in [3.8, 4) is 0 Å². The number of piperazine rings is 1. The number of aryl methyl sites for hydroxylation is 1. The molecule has 15 heavy (non-hydrogen) atoms. The minimum absolute atomic E-state index is 0.128. The average molecular weight is 225 g/mol. The maximum Gasteiger partial charge on any atom is 0.265 e. The molecular formula is C10H15N3OS. The fourth-order valence-corrected chi connectivity index (χ4v) is 2.54. The Morgan fingerprint density at radius 1 is 1.73 bits per heavy atom. The smallest absolute Gasteiger partial charge is 0.265 e. The lowest BCUT2D eigenvalue weighted by atomic mass is 10.2. The van der Waals surface area contributed by atoms with Crippen LogP contribution in [0.3, 0.4) is 0 Å². The van der Waals surface area contributed by atoms with Crippen molar-refractivity contribution in [1.29, 1.82) is 0 Å². The van der Waals surface area contributed by atoms with E-state index in [1.54, 1.807) is 5.51 Å². The van der Waals surface area contributed by atoms with Crippen LogP contribution in [0.15, 0.2) is 5.51 Å². The summed E-state index contributed by atoms with van der Waals surface area (Å²) in [5.41, 5.74) is 2.57. The van der Waals surface area contributed by atoms with Gasteiger partial charge in [-0.25, -0.2) is 4.98 Å². The number of carbonyl (C=O) groups excluding carboxylic acids is 1. The third-order valence-corrected chi connectivity index (χ3v) is 3.51. The number of hydrogen-bond donors (Lipinski definition) is 1. The first-order valence-electron chi connectivity index (χ1n) is 5.11. The first-order valence-corrected chi connectivity index (χ1v) is 5.99. The zero-order valence-electron chi connectivity index (χ0n) is 8.99. The normalized spacial score (nSPS) is 21.7. The van der Waals surface area contributed by atoms with Crippen LogP contribution < -0.4 is 5.32 Å². The van der Waals surface area contributed by atoms with Gasteiger partial charge < -0.3 is 10.2 Å². The van der Waals surface area contributed by atoms with Gasteiger partial charge >= 0.3 is 0 Å². The third kappa shape index (κ3) is 2.18. The number of aromatic nitrogens is 1. The van der Waals surface area contributed by atoms with Crippen molar-refractivity contribution in [2.45, 2.75) is 19.9 Å². The molecular weight excluding hydrogens is 210 g/mol. The molecule has 0 saturated carbocycles. The number of amides is 1. The van der Waals surface area contributed by atoms with Gasteiger partial charge in [-0.3, -0.25) is 4.79 Å². The van der Waals surface area contributed by atoms with Crippen molar-refractivity contribution >= 4 is 17.2 Å². The quantitative estimate of drug-likeness (QED) is 0.772. The maximum absolute atomic E-state index is 12.1. The summed E-state index contributed by atoms with van der Waals surface area (Å²) in [6.45, 7) is 6.44. The molecule has 1 amide bonds. The van der Waals surface area contributed by atoms with E-state index in [1.807, 2.05) is 11.8 Å². The number of nitrogens with one attached hydrogen (secondary N) is 1. The third-order valence-electron chi connectivity index (χ3n) is 2.60. The van der Waals surface area contributed by atoms with Crippen molar-refractivity contribution in [3.63, 3.8) is 0 Å². The molecule has 0 radical (unpaired) electrons. The highest BCUT2D eigenvalue weighted by atomic mass is 32.1. The Morgan fingerprint density at radius 2 is 2.53 bits per heavy atom. The van der Waals surface area contributed by atoms with Crippen LogP contribution in [0.2, 0.25) is 0 Å². The molecule has 1 aliphatic rings. The van der Waals surface area contributed by atoms with E-state index in [4.69, 9.17) is 0 Å². The Hall–Kier alpha value is -0.940. The lowest BCUT2D eigenvalue weighted by Gasteiger charge is -2.31. The first kappa shape index (κ1) is 10.6. The van der Waals surface area contributed by atoms with Gasteiger partial charge in [-0.2, -0.15) is 0 Å². The summed E-state index contributed by atoms with van der Waals surface area (Å²) < 4.78 is 0. The van der Waals surface area contributed by atoms with Gasteiger partial charge in [-0.05, 0) is 13.8 Å². The Bertz CT molecular complexity index is 363. The summed E-state index contributed by atoms with van der Waals surface area (Å²) in [5.74, 6) is 0.128. The van der Waals surface area contributed by atoms with Gasteiger partial charge in [-0.15, -0.1) is 11.3 Å².